The lowest BCUT2D eigenvalue weighted by Crippen LogP contribution is -2.68. The van der Waals surface area contributed by atoms with Crippen molar-refractivity contribution in [1.29, 1.82) is 0 Å². The van der Waals surface area contributed by atoms with Crippen molar-refractivity contribution in [3.05, 3.63) is 95.2 Å². The molecule has 1 saturated heterocycles. The number of β-lactam (4-membered cyclic amide) rings is 1. The third-order valence-corrected chi connectivity index (χ3v) is 6.35. The maximum Gasteiger partial charge on any atom is 0.356 e. The molecule has 0 spiro atoms. The number of esters is 1. The van der Waals surface area contributed by atoms with Gasteiger partial charge < -0.3 is 10.5 Å². The fourth-order valence-corrected chi connectivity index (χ4v) is 4.87. The van der Waals surface area contributed by atoms with Gasteiger partial charge in [0.05, 0.1) is 0 Å². The summed E-state index contributed by atoms with van der Waals surface area (Å²) < 4.78 is 6.00. The van der Waals surface area contributed by atoms with Crippen LogP contribution in [0.25, 0.3) is 0 Å². The summed E-state index contributed by atoms with van der Waals surface area (Å²) >= 11 is 1.57. The number of nitrogens with two attached hydrogens (primary N) is 1. The number of amides is 1. The van der Waals surface area contributed by atoms with E-state index >= 15 is 0 Å². The largest absolute Gasteiger partial charge is 0.448 e. The Morgan fingerprint density at radius 2 is 1.72 bits per heavy atom. The van der Waals surface area contributed by atoms with Crippen LogP contribution in [-0.4, -0.2) is 33.9 Å². The number of carbonyl (C=O) groups is 2. The summed E-state index contributed by atoms with van der Waals surface area (Å²) in [6.07, 6.45) is 3.15. The maximum absolute atomic E-state index is 13.3. The topological polar surface area (TPSA) is 72.6 Å². The van der Waals surface area contributed by atoms with Crippen LogP contribution in [0, 0.1) is 0 Å². The van der Waals surface area contributed by atoms with Gasteiger partial charge in [-0.1, -0.05) is 72.8 Å². The molecule has 0 bridgehead atoms. The summed E-state index contributed by atoms with van der Waals surface area (Å²) in [5, 5.41) is -0.217. The molecule has 2 aliphatic heterocycles. The quantitative estimate of drug-likeness (QED) is 0.609. The molecule has 2 heterocycles. The molecule has 6 heteroatoms. The highest BCUT2D eigenvalue weighted by Gasteiger charge is 2.52. The molecule has 0 saturated carbocycles. The number of ether oxygens (including phenoxy) is 1. The second kappa shape index (κ2) is 8.27. The minimum atomic E-state index is -0.575. The monoisotopic (exact) mass is 406 g/mol. The Hall–Kier alpha value is -2.83. The molecule has 5 nitrogen and oxygen atoms in total. The van der Waals surface area contributed by atoms with Crippen LogP contribution in [0.1, 0.15) is 24.2 Å². The van der Waals surface area contributed by atoms with E-state index in [0.717, 1.165) is 16.7 Å². The van der Waals surface area contributed by atoms with Gasteiger partial charge in [-0.3, -0.25) is 9.69 Å². The normalized spacial score (nSPS) is 21.3. The molecular formula is C23H22N2O3S. The van der Waals surface area contributed by atoms with E-state index in [-0.39, 0.29) is 11.3 Å². The summed E-state index contributed by atoms with van der Waals surface area (Å²) in [6, 6.07) is 18.6. The number of fused-ring (bicyclic) bond motifs is 1. The molecule has 2 aromatic carbocycles. The molecule has 148 valence electrons. The van der Waals surface area contributed by atoms with Gasteiger partial charge in [0.1, 0.15) is 17.1 Å². The van der Waals surface area contributed by atoms with Crippen LogP contribution in [0.15, 0.2) is 84.1 Å². The predicted octanol–water partition coefficient (Wildman–Crippen LogP) is 3.39. The number of rotatable bonds is 5. The van der Waals surface area contributed by atoms with E-state index in [2.05, 4.69) is 0 Å². The Morgan fingerprint density at radius 1 is 1.14 bits per heavy atom. The van der Waals surface area contributed by atoms with E-state index < -0.39 is 18.1 Å². The second-order valence-corrected chi connectivity index (χ2v) is 8.02. The van der Waals surface area contributed by atoms with Crippen LogP contribution >= 0.6 is 11.8 Å². The first kappa shape index (κ1) is 19.5. The molecule has 2 aromatic rings. The van der Waals surface area contributed by atoms with Crippen LogP contribution < -0.4 is 5.73 Å². The lowest BCUT2D eigenvalue weighted by Gasteiger charge is -2.48. The van der Waals surface area contributed by atoms with Gasteiger partial charge in [0, 0.05) is 5.75 Å². The summed E-state index contributed by atoms with van der Waals surface area (Å²) in [4.78, 5) is 27.2. The van der Waals surface area contributed by atoms with E-state index in [0.29, 0.717) is 11.4 Å². The molecule has 0 radical (unpaired) electrons. The van der Waals surface area contributed by atoms with Crippen molar-refractivity contribution in [3.63, 3.8) is 0 Å². The number of hydrogen-bond acceptors (Lipinski definition) is 5. The first-order valence-corrected chi connectivity index (χ1v) is 10.5. The number of hydrogen-bond donors (Lipinski definition) is 1. The maximum atomic E-state index is 13.3. The van der Waals surface area contributed by atoms with E-state index in [1.165, 1.54) is 4.90 Å². The first-order chi connectivity index (χ1) is 14.1. The van der Waals surface area contributed by atoms with Crippen molar-refractivity contribution >= 4 is 23.6 Å². The summed E-state index contributed by atoms with van der Waals surface area (Å²) in [6.45, 7) is 1.88. The Morgan fingerprint density at radius 3 is 2.28 bits per heavy atom. The number of allylic oxidation sites excluding steroid dienone is 2. The minimum absolute atomic E-state index is 0.217. The van der Waals surface area contributed by atoms with Gasteiger partial charge in [0.15, 0.2) is 6.10 Å². The smallest absolute Gasteiger partial charge is 0.356 e. The standard InChI is InChI=1S/C23H22N2O3S/c1-2-9-17-14-29-22-18(24)21(26)25(22)19(17)23(27)28-20(15-10-5-3-6-11-15)16-12-7-4-8-13-16/h2-13,18,20,22H,14,24H2,1H3/t18-,22-/m1/s1. The Balaban J connectivity index is 1.70. The fourth-order valence-electron chi connectivity index (χ4n) is 3.61. The van der Waals surface area contributed by atoms with Crippen molar-refractivity contribution in [2.75, 3.05) is 5.75 Å². The zero-order valence-corrected chi connectivity index (χ0v) is 16.8. The SMILES string of the molecule is CC=CC1=C(C(=O)OC(c2ccccc2)c2ccccc2)N2C(=O)[C@@H](N)[C@H]2SC1. The van der Waals surface area contributed by atoms with Crippen LogP contribution in [0.5, 0.6) is 0 Å². The Bertz CT molecular complexity index is 933. The van der Waals surface area contributed by atoms with E-state index in [4.69, 9.17) is 10.5 Å². The number of nitrogens with zero attached hydrogens (tertiary/aromatic N) is 1. The average Bonchev–Trinajstić information content (AvgIpc) is 2.77. The highest BCUT2D eigenvalue weighted by atomic mass is 32.2. The third-order valence-electron chi connectivity index (χ3n) is 5.03. The van der Waals surface area contributed by atoms with Gasteiger partial charge in [-0.15, -0.1) is 11.8 Å². The summed E-state index contributed by atoms with van der Waals surface area (Å²) in [5.74, 6) is -0.147. The van der Waals surface area contributed by atoms with E-state index in [1.54, 1.807) is 11.8 Å². The summed E-state index contributed by atoms with van der Waals surface area (Å²) in [5.41, 5.74) is 8.75. The Kier molecular flexibility index (Phi) is 5.56. The number of thioether (sulfide) groups is 1. The van der Waals surface area contributed by atoms with Crippen LogP contribution in [-0.2, 0) is 14.3 Å². The van der Waals surface area contributed by atoms with Gasteiger partial charge in [-0.25, -0.2) is 4.79 Å². The van der Waals surface area contributed by atoms with Crippen molar-refractivity contribution in [3.8, 4) is 0 Å². The molecule has 1 fully saturated rings. The molecule has 0 unspecified atom stereocenters. The van der Waals surface area contributed by atoms with E-state index in [9.17, 15) is 9.59 Å². The van der Waals surface area contributed by atoms with Gasteiger partial charge in [-0.05, 0) is 23.6 Å². The van der Waals surface area contributed by atoms with Crippen LogP contribution in [0.2, 0.25) is 0 Å². The molecule has 4 rings (SSSR count). The van der Waals surface area contributed by atoms with Crippen molar-refractivity contribution in [2.45, 2.75) is 24.4 Å². The molecule has 0 aliphatic carbocycles. The van der Waals surface area contributed by atoms with Crippen molar-refractivity contribution in [2.24, 2.45) is 5.73 Å². The second-order valence-electron chi connectivity index (χ2n) is 6.92. The van der Waals surface area contributed by atoms with Gasteiger partial charge >= 0.3 is 5.97 Å². The zero-order chi connectivity index (χ0) is 20.4. The zero-order valence-electron chi connectivity index (χ0n) is 16.0. The molecule has 29 heavy (non-hydrogen) atoms. The average molecular weight is 407 g/mol. The van der Waals surface area contributed by atoms with Crippen LogP contribution in [0.3, 0.4) is 0 Å². The van der Waals surface area contributed by atoms with Crippen molar-refractivity contribution < 1.29 is 14.3 Å². The number of carbonyl (C=O) groups excluding carboxylic acids is 2. The molecule has 2 atom stereocenters. The lowest BCUT2D eigenvalue weighted by molar-refractivity contribution is -0.153. The van der Waals surface area contributed by atoms with Crippen LogP contribution in [0.4, 0.5) is 0 Å². The fraction of sp³-hybridized carbons (Fsp3) is 0.217. The molecule has 0 aromatic heterocycles. The molecular weight excluding hydrogens is 384 g/mol. The minimum Gasteiger partial charge on any atom is -0.448 e. The summed E-state index contributed by atoms with van der Waals surface area (Å²) in [7, 11) is 0. The van der Waals surface area contributed by atoms with Crippen molar-refractivity contribution in [1.82, 2.24) is 4.90 Å². The highest BCUT2D eigenvalue weighted by Crippen LogP contribution is 2.41. The predicted molar refractivity (Wildman–Crippen MR) is 114 cm³/mol. The van der Waals surface area contributed by atoms with Gasteiger partial charge in [-0.2, -0.15) is 0 Å². The highest BCUT2D eigenvalue weighted by molar-refractivity contribution is 8.00. The molecule has 2 aliphatic rings. The van der Waals surface area contributed by atoms with E-state index in [1.807, 2.05) is 79.7 Å². The third kappa shape index (κ3) is 3.61. The van der Waals surface area contributed by atoms with Gasteiger partial charge in [0.2, 0.25) is 5.91 Å². The Labute approximate surface area is 174 Å². The molecule has 2 N–H and O–H groups in total. The first-order valence-electron chi connectivity index (χ1n) is 9.48. The molecule has 1 amide bonds. The van der Waals surface area contributed by atoms with Gasteiger partial charge in [0.25, 0.3) is 0 Å². The lowest BCUT2D eigenvalue weighted by atomic mass is 10.0. The number of benzene rings is 2.